The molecule has 0 saturated heterocycles. The van der Waals surface area contributed by atoms with Crippen LogP contribution in [0.15, 0.2) is 23.1 Å². The molecular formula is C12H18N4O3. The average Bonchev–Trinajstić information content (AvgIpc) is 2.34. The number of hydrogen-bond acceptors (Lipinski definition) is 4. The molecule has 0 aromatic carbocycles. The van der Waals surface area contributed by atoms with Crippen molar-refractivity contribution in [3.8, 4) is 0 Å². The maximum absolute atomic E-state index is 11.6. The molecule has 7 nitrogen and oxygen atoms in total. The van der Waals surface area contributed by atoms with Gasteiger partial charge in [0.2, 0.25) is 11.8 Å². The van der Waals surface area contributed by atoms with E-state index in [4.69, 9.17) is 5.73 Å². The van der Waals surface area contributed by atoms with Crippen LogP contribution >= 0.6 is 0 Å². The molecule has 0 aliphatic carbocycles. The quantitative estimate of drug-likeness (QED) is 0.618. The fourth-order valence-corrected chi connectivity index (χ4v) is 1.49. The van der Waals surface area contributed by atoms with Gasteiger partial charge >= 0.3 is 0 Å². The molecular weight excluding hydrogens is 248 g/mol. The highest BCUT2D eigenvalue weighted by Crippen LogP contribution is 1.95. The highest BCUT2D eigenvalue weighted by Gasteiger charge is 2.05. The topological polar surface area (TPSA) is 106 Å². The predicted molar refractivity (Wildman–Crippen MR) is 71.4 cm³/mol. The summed E-state index contributed by atoms with van der Waals surface area (Å²) in [7, 11) is 0. The number of nitrogens with zero attached hydrogens (tertiary/aromatic N) is 1. The van der Waals surface area contributed by atoms with E-state index in [2.05, 4.69) is 10.6 Å². The monoisotopic (exact) mass is 266 g/mol. The SMILES string of the molecule is CCNC(=O)CCNC(=O)Cn1cc(N)ccc1=O. The Hall–Kier alpha value is -2.31. The van der Waals surface area contributed by atoms with Gasteiger partial charge in [0.05, 0.1) is 0 Å². The number of carbonyl (C=O) groups is 2. The van der Waals surface area contributed by atoms with Gasteiger partial charge in [0.1, 0.15) is 6.54 Å². The van der Waals surface area contributed by atoms with Crippen molar-refractivity contribution in [3.63, 3.8) is 0 Å². The molecule has 0 fully saturated rings. The zero-order valence-electron chi connectivity index (χ0n) is 10.8. The van der Waals surface area contributed by atoms with Gasteiger partial charge in [0.15, 0.2) is 0 Å². The second kappa shape index (κ2) is 7.20. The summed E-state index contributed by atoms with van der Waals surface area (Å²) in [6.07, 6.45) is 1.62. The first-order chi connectivity index (χ1) is 9.02. The Morgan fingerprint density at radius 1 is 1.26 bits per heavy atom. The number of rotatable bonds is 6. The van der Waals surface area contributed by atoms with Crippen molar-refractivity contribution < 1.29 is 9.59 Å². The molecule has 0 radical (unpaired) electrons. The zero-order chi connectivity index (χ0) is 14.3. The molecule has 0 bridgehead atoms. The van der Waals surface area contributed by atoms with E-state index >= 15 is 0 Å². The minimum absolute atomic E-state index is 0.112. The van der Waals surface area contributed by atoms with E-state index in [9.17, 15) is 14.4 Å². The Morgan fingerprint density at radius 2 is 2.00 bits per heavy atom. The van der Waals surface area contributed by atoms with Crippen LogP contribution in [0.3, 0.4) is 0 Å². The molecule has 4 N–H and O–H groups in total. The second-order valence-corrected chi connectivity index (χ2v) is 3.98. The van der Waals surface area contributed by atoms with Crippen molar-refractivity contribution in [3.05, 3.63) is 28.7 Å². The van der Waals surface area contributed by atoms with E-state index in [1.54, 1.807) is 0 Å². The number of anilines is 1. The Kier molecular flexibility index (Phi) is 5.59. The predicted octanol–water partition coefficient (Wildman–Crippen LogP) is -0.927. The van der Waals surface area contributed by atoms with Crippen LogP contribution in [-0.2, 0) is 16.1 Å². The lowest BCUT2D eigenvalue weighted by Crippen LogP contribution is -2.34. The molecule has 0 unspecified atom stereocenters. The molecule has 0 aliphatic heterocycles. The third kappa shape index (κ3) is 5.24. The van der Waals surface area contributed by atoms with E-state index in [1.165, 1.54) is 22.9 Å². The molecule has 1 aromatic heterocycles. The lowest BCUT2D eigenvalue weighted by Gasteiger charge is -2.07. The van der Waals surface area contributed by atoms with Crippen LogP contribution in [0.25, 0.3) is 0 Å². The van der Waals surface area contributed by atoms with Crippen LogP contribution in [0.1, 0.15) is 13.3 Å². The molecule has 19 heavy (non-hydrogen) atoms. The maximum atomic E-state index is 11.6. The lowest BCUT2D eigenvalue weighted by molar-refractivity contribution is -0.122. The zero-order valence-corrected chi connectivity index (χ0v) is 10.8. The van der Waals surface area contributed by atoms with Crippen LogP contribution in [0.5, 0.6) is 0 Å². The first kappa shape index (κ1) is 14.7. The first-order valence-corrected chi connectivity index (χ1v) is 6.02. The van der Waals surface area contributed by atoms with Gasteiger partial charge in [-0.15, -0.1) is 0 Å². The Balaban J connectivity index is 2.41. The fourth-order valence-electron chi connectivity index (χ4n) is 1.49. The van der Waals surface area contributed by atoms with Crippen LogP contribution in [0.2, 0.25) is 0 Å². The van der Waals surface area contributed by atoms with Crippen molar-refractivity contribution in [2.45, 2.75) is 19.9 Å². The Bertz CT molecular complexity index is 510. The molecule has 1 aromatic rings. The summed E-state index contributed by atoms with van der Waals surface area (Å²) in [6.45, 7) is 2.51. The van der Waals surface area contributed by atoms with Gasteiger partial charge in [-0.1, -0.05) is 0 Å². The standard InChI is InChI=1S/C12H18N4O3/c1-2-14-10(17)5-6-15-11(18)8-16-7-9(13)3-4-12(16)19/h3-4,7H,2,5-6,8,13H2,1H3,(H,14,17)(H,15,18). The first-order valence-electron chi connectivity index (χ1n) is 6.02. The van der Waals surface area contributed by atoms with Crippen molar-refractivity contribution in [1.29, 1.82) is 0 Å². The van der Waals surface area contributed by atoms with Crippen LogP contribution < -0.4 is 21.9 Å². The third-order valence-electron chi connectivity index (χ3n) is 2.37. The molecule has 7 heteroatoms. The van der Waals surface area contributed by atoms with Gasteiger partial charge < -0.3 is 20.9 Å². The number of pyridine rings is 1. The van der Waals surface area contributed by atoms with E-state index in [-0.39, 0.29) is 36.9 Å². The Labute approximate surface area is 110 Å². The highest BCUT2D eigenvalue weighted by molar-refractivity contribution is 5.78. The van der Waals surface area contributed by atoms with E-state index in [1.807, 2.05) is 6.92 Å². The van der Waals surface area contributed by atoms with Crippen molar-refractivity contribution in [2.24, 2.45) is 0 Å². The molecule has 0 aliphatic rings. The summed E-state index contributed by atoms with van der Waals surface area (Å²) in [5, 5.41) is 5.19. The summed E-state index contributed by atoms with van der Waals surface area (Å²) in [6, 6.07) is 2.78. The van der Waals surface area contributed by atoms with Crippen LogP contribution in [-0.4, -0.2) is 29.5 Å². The third-order valence-corrected chi connectivity index (χ3v) is 2.37. The molecule has 2 amide bonds. The van der Waals surface area contributed by atoms with Crippen molar-refractivity contribution >= 4 is 17.5 Å². The summed E-state index contributed by atoms with van der Waals surface area (Å²) >= 11 is 0. The van der Waals surface area contributed by atoms with Gasteiger partial charge in [0.25, 0.3) is 5.56 Å². The van der Waals surface area contributed by atoms with Gasteiger partial charge in [-0.3, -0.25) is 14.4 Å². The number of nitrogens with one attached hydrogen (secondary N) is 2. The largest absolute Gasteiger partial charge is 0.398 e. The minimum atomic E-state index is -0.336. The van der Waals surface area contributed by atoms with Gasteiger partial charge in [-0.2, -0.15) is 0 Å². The van der Waals surface area contributed by atoms with Crippen LogP contribution in [0, 0.1) is 0 Å². The number of nitrogen functional groups attached to an aromatic ring is 1. The molecule has 0 atom stereocenters. The Morgan fingerprint density at radius 3 is 2.68 bits per heavy atom. The van der Waals surface area contributed by atoms with Crippen LogP contribution in [0.4, 0.5) is 5.69 Å². The number of aromatic nitrogens is 1. The molecule has 104 valence electrons. The average molecular weight is 266 g/mol. The number of hydrogen-bond donors (Lipinski definition) is 3. The second-order valence-electron chi connectivity index (χ2n) is 3.98. The maximum Gasteiger partial charge on any atom is 0.251 e. The lowest BCUT2D eigenvalue weighted by atomic mass is 10.3. The van der Waals surface area contributed by atoms with Crippen molar-refractivity contribution in [2.75, 3.05) is 18.8 Å². The normalized spacial score (nSPS) is 9.95. The molecule has 0 spiro atoms. The van der Waals surface area contributed by atoms with Gasteiger partial charge in [0, 0.05) is 37.5 Å². The fraction of sp³-hybridized carbons (Fsp3) is 0.417. The van der Waals surface area contributed by atoms with Crippen molar-refractivity contribution in [1.82, 2.24) is 15.2 Å². The summed E-state index contributed by atoms with van der Waals surface area (Å²) in [5.74, 6) is -0.457. The summed E-state index contributed by atoms with van der Waals surface area (Å²) in [5.41, 5.74) is 5.65. The summed E-state index contributed by atoms with van der Waals surface area (Å²) < 4.78 is 1.22. The number of nitrogens with two attached hydrogens (primary N) is 1. The molecule has 1 rings (SSSR count). The number of amides is 2. The molecule has 1 heterocycles. The van der Waals surface area contributed by atoms with E-state index in [0.717, 1.165) is 0 Å². The van der Waals surface area contributed by atoms with E-state index < -0.39 is 0 Å². The minimum Gasteiger partial charge on any atom is -0.398 e. The summed E-state index contributed by atoms with van der Waals surface area (Å²) in [4.78, 5) is 34.2. The van der Waals surface area contributed by atoms with E-state index in [0.29, 0.717) is 12.2 Å². The molecule has 0 saturated carbocycles. The van der Waals surface area contributed by atoms with Gasteiger partial charge in [-0.05, 0) is 13.0 Å². The van der Waals surface area contributed by atoms with Gasteiger partial charge in [-0.25, -0.2) is 0 Å². The number of carbonyl (C=O) groups excluding carboxylic acids is 2. The smallest absolute Gasteiger partial charge is 0.251 e. The highest BCUT2D eigenvalue weighted by atomic mass is 16.2.